The zero-order valence-corrected chi connectivity index (χ0v) is 19.7. The maximum absolute atomic E-state index is 13.2. The molecule has 5 rings (SSSR count). The average Bonchev–Trinajstić information content (AvgIpc) is 3.43. The third-order valence-electron chi connectivity index (χ3n) is 6.53. The predicted molar refractivity (Wildman–Crippen MR) is 130 cm³/mol. The van der Waals surface area contributed by atoms with Crippen molar-refractivity contribution < 1.29 is 13.2 Å². The maximum Gasteiger partial charge on any atom is 0.258 e. The number of nitrogens with zero attached hydrogens (tertiary/aromatic N) is 3. The first-order chi connectivity index (χ1) is 15.8. The van der Waals surface area contributed by atoms with Gasteiger partial charge in [0.1, 0.15) is 0 Å². The number of amides is 1. The largest absolute Gasteiger partial charge is 0.367 e. The van der Waals surface area contributed by atoms with E-state index in [1.54, 1.807) is 23.1 Å². The van der Waals surface area contributed by atoms with E-state index in [9.17, 15) is 13.2 Å². The summed E-state index contributed by atoms with van der Waals surface area (Å²) in [6, 6.07) is 21.4. The number of rotatable bonds is 5. The molecule has 0 saturated heterocycles. The van der Waals surface area contributed by atoms with E-state index in [0.29, 0.717) is 18.5 Å². The molecule has 0 aliphatic carbocycles. The van der Waals surface area contributed by atoms with Crippen LogP contribution in [-0.4, -0.2) is 45.8 Å². The molecule has 2 heterocycles. The van der Waals surface area contributed by atoms with Gasteiger partial charge in [-0.3, -0.25) is 4.79 Å². The lowest BCUT2D eigenvalue weighted by atomic mass is 10.1. The molecule has 170 valence electrons. The number of para-hydroxylation sites is 1. The summed E-state index contributed by atoms with van der Waals surface area (Å²) in [5.41, 5.74) is 6.16. The molecule has 3 aromatic carbocycles. The lowest BCUT2D eigenvalue weighted by Gasteiger charge is -2.20. The number of anilines is 2. The van der Waals surface area contributed by atoms with Gasteiger partial charge in [-0.2, -0.15) is 0 Å². The van der Waals surface area contributed by atoms with Gasteiger partial charge in [0.2, 0.25) is 10.0 Å². The minimum Gasteiger partial charge on any atom is -0.367 e. The first kappa shape index (κ1) is 21.7. The summed E-state index contributed by atoms with van der Waals surface area (Å²) in [5, 5.41) is 0. The molecule has 0 radical (unpaired) electrons. The van der Waals surface area contributed by atoms with Gasteiger partial charge in [0.05, 0.1) is 4.90 Å². The molecule has 2 aliphatic rings. The van der Waals surface area contributed by atoms with Crippen LogP contribution in [0.5, 0.6) is 0 Å². The molecule has 0 unspecified atom stereocenters. The summed E-state index contributed by atoms with van der Waals surface area (Å²) >= 11 is 0. The van der Waals surface area contributed by atoms with E-state index in [2.05, 4.69) is 29.2 Å². The van der Waals surface area contributed by atoms with E-state index < -0.39 is 10.0 Å². The Morgan fingerprint density at radius 2 is 1.61 bits per heavy atom. The van der Waals surface area contributed by atoms with Gasteiger partial charge in [-0.15, -0.1) is 0 Å². The molecule has 6 nitrogen and oxygen atoms in total. The number of fused-ring (bicyclic) bond motifs is 2. The Hall–Kier alpha value is -3.16. The zero-order chi connectivity index (χ0) is 23.2. The highest BCUT2D eigenvalue weighted by Crippen LogP contribution is 2.32. The lowest BCUT2D eigenvalue weighted by molar-refractivity contribution is 0.0989. The van der Waals surface area contributed by atoms with Gasteiger partial charge >= 0.3 is 0 Å². The van der Waals surface area contributed by atoms with Crippen LogP contribution in [0.15, 0.2) is 71.6 Å². The van der Waals surface area contributed by atoms with E-state index in [1.807, 2.05) is 24.3 Å². The monoisotopic (exact) mass is 461 g/mol. The van der Waals surface area contributed by atoms with Gasteiger partial charge in [0.15, 0.2) is 0 Å². The van der Waals surface area contributed by atoms with Crippen molar-refractivity contribution in [3.8, 4) is 0 Å². The fraction of sp³-hybridized carbons (Fsp3) is 0.269. The number of hydrogen-bond acceptors (Lipinski definition) is 4. The molecule has 2 aliphatic heterocycles. The molecular weight excluding hydrogens is 434 g/mol. The van der Waals surface area contributed by atoms with Crippen LogP contribution in [0, 0.1) is 0 Å². The first-order valence-corrected chi connectivity index (χ1v) is 12.6. The molecule has 0 bridgehead atoms. The van der Waals surface area contributed by atoms with Crippen LogP contribution in [0.3, 0.4) is 0 Å². The second kappa shape index (κ2) is 8.32. The van der Waals surface area contributed by atoms with E-state index in [-0.39, 0.29) is 10.8 Å². The van der Waals surface area contributed by atoms with Gasteiger partial charge < -0.3 is 9.80 Å². The molecule has 33 heavy (non-hydrogen) atoms. The van der Waals surface area contributed by atoms with Crippen LogP contribution in [-0.2, 0) is 29.4 Å². The van der Waals surface area contributed by atoms with Crippen molar-refractivity contribution in [3.63, 3.8) is 0 Å². The van der Waals surface area contributed by atoms with Crippen molar-refractivity contribution in [2.75, 3.05) is 37.0 Å². The van der Waals surface area contributed by atoms with Gasteiger partial charge in [-0.05, 0) is 65.9 Å². The van der Waals surface area contributed by atoms with E-state index >= 15 is 0 Å². The molecule has 0 aromatic heterocycles. The first-order valence-electron chi connectivity index (χ1n) is 11.1. The van der Waals surface area contributed by atoms with Crippen molar-refractivity contribution in [2.45, 2.75) is 24.3 Å². The van der Waals surface area contributed by atoms with Crippen LogP contribution in [0.1, 0.15) is 27.0 Å². The molecule has 0 atom stereocenters. The normalized spacial score (nSPS) is 15.1. The second-order valence-electron chi connectivity index (χ2n) is 8.78. The van der Waals surface area contributed by atoms with Crippen LogP contribution in [0.2, 0.25) is 0 Å². The summed E-state index contributed by atoms with van der Waals surface area (Å²) in [4.78, 5) is 17.6. The highest BCUT2D eigenvalue weighted by Gasteiger charge is 2.28. The van der Waals surface area contributed by atoms with Crippen LogP contribution in [0.4, 0.5) is 11.4 Å². The third-order valence-corrected chi connectivity index (χ3v) is 8.34. The van der Waals surface area contributed by atoms with E-state index in [4.69, 9.17) is 0 Å². The topological polar surface area (TPSA) is 60.9 Å². The Labute approximate surface area is 195 Å². The summed E-state index contributed by atoms with van der Waals surface area (Å²) in [6.45, 7) is 2.38. The van der Waals surface area contributed by atoms with Crippen LogP contribution < -0.4 is 9.80 Å². The molecule has 0 fully saturated rings. The van der Waals surface area contributed by atoms with Crippen LogP contribution in [0.25, 0.3) is 0 Å². The van der Waals surface area contributed by atoms with Crippen molar-refractivity contribution in [1.29, 1.82) is 0 Å². The van der Waals surface area contributed by atoms with E-state index in [1.165, 1.54) is 35.2 Å². The summed E-state index contributed by atoms with van der Waals surface area (Å²) in [7, 11) is -0.459. The summed E-state index contributed by atoms with van der Waals surface area (Å²) < 4.78 is 26.1. The predicted octanol–water partition coefficient (Wildman–Crippen LogP) is 3.70. The molecule has 0 saturated carbocycles. The second-order valence-corrected chi connectivity index (χ2v) is 10.9. The Balaban J connectivity index is 1.31. The highest BCUT2D eigenvalue weighted by molar-refractivity contribution is 7.89. The number of carbonyl (C=O) groups excluding carboxylic acids is 1. The summed E-state index contributed by atoms with van der Waals surface area (Å²) in [6.07, 6.45) is 1.71. The minimum absolute atomic E-state index is 0.0602. The van der Waals surface area contributed by atoms with Crippen molar-refractivity contribution in [3.05, 3.63) is 89.0 Å². The third kappa shape index (κ3) is 3.92. The number of sulfonamides is 1. The molecule has 7 heteroatoms. The van der Waals surface area contributed by atoms with Crippen molar-refractivity contribution in [1.82, 2.24) is 4.31 Å². The van der Waals surface area contributed by atoms with Crippen molar-refractivity contribution >= 4 is 27.3 Å². The molecule has 1 amide bonds. The average molecular weight is 462 g/mol. The van der Waals surface area contributed by atoms with Gasteiger partial charge in [-0.25, -0.2) is 12.7 Å². The van der Waals surface area contributed by atoms with Crippen molar-refractivity contribution in [2.24, 2.45) is 0 Å². The Morgan fingerprint density at radius 1 is 0.879 bits per heavy atom. The maximum atomic E-state index is 13.2. The Morgan fingerprint density at radius 3 is 2.36 bits per heavy atom. The highest BCUT2D eigenvalue weighted by atomic mass is 32.2. The number of hydrogen-bond donors (Lipinski definition) is 0. The van der Waals surface area contributed by atoms with Gasteiger partial charge in [-0.1, -0.05) is 30.3 Å². The molecule has 0 spiro atoms. The molecular formula is C26H27N3O3S. The van der Waals surface area contributed by atoms with Crippen LogP contribution >= 0.6 is 0 Å². The fourth-order valence-electron chi connectivity index (χ4n) is 4.66. The smallest absolute Gasteiger partial charge is 0.258 e. The standard InChI is InChI=1S/C26H27N3O3S/c1-27(2)33(31,32)23-11-12-25-22(17-23)14-16-29(25)26(30)21-9-7-19(8-10-21)18-28-15-13-20-5-3-4-6-24(20)28/h3-12,17H,13-16,18H2,1-2H3. The van der Waals surface area contributed by atoms with E-state index in [0.717, 1.165) is 30.8 Å². The zero-order valence-electron chi connectivity index (χ0n) is 18.9. The van der Waals surface area contributed by atoms with Gasteiger partial charge in [0.25, 0.3) is 5.91 Å². The number of benzene rings is 3. The SMILES string of the molecule is CN(C)S(=O)(=O)c1ccc2c(c1)CCN2C(=O)c1ccc(CN2CCc3ccccc32)cc1. The fourth-order valence-corrected chi connectivity index (χ4v) is 5.61. The minimum atomic E-state index is -3.50. The quantitative estimate of drug-likeness (QED) is 0.581. The van der Waals surface area contributed by atoms with Gasteiger partial charge in [0, 0.05) is 50.7 Å². The Kier molecular flexibility index (Phi) is 5.46. The Bertz CT molecular complexity index is 1320. The molecule has 0 N–H and O–H groups in total. The number of carbonyl (C=O) groups is 1. The summed E-state index contributed by atoms with van der Waals surface area (Å²) in [5.74, 6) is -0.0602. The lowest BCUT2D eigenvalue weighted by Crippen LogP contribution is -2.29. The molecule has 3 aromatic rings.